The molecule has 26 heavy (non-hydrogen) atoms. The largest absolute Gasteiger partial charge is 0.465 e. The summed E-state index contributed by atoms with van der Waals surface area (Å²) in [5.74, 6) is -1.01. The second kappa shape index (κ2) is 7.61. The van der Waals surface area contributed by atoms with E-state index in [1.807, 2.05) is 26.1 Å². The predicted molar refractivity (Wildman–Crippen MR) is 93.3 cm³/mol. The first-order valence-electron chi connectivity index (χ1n) is 7.55. The molecule has 0 aliphatic rings. The standard InChI is InChI=1S/C16H18ClFN4O4/c1-16(2,3)20-13(23)8-22-5-4-14(21-22)26-12-7-10(18)11(6-9(12)17)19-15(24)25/h4-7,19H,8H2,1-3H3,(H,20,23)(H,24,25). The SMILES string of the molecule is CC(C)(C)NC(=O)Cn1ccc(Oc2cc(F)c(NC(=O)O)cc2Cl)n1. The van der Waals surface area contributed by atoms with E-state index in [2.05, 4.69) is 10.4 Å². The number of halogens is 2. The van der Waals surface area contributed by atoms with E-state index in [4.69, 9.17) is 21.4 Å². The second-order valence-corrected chi connectivity index (χ2v) is 6.85. The molecule has 0 saturated carbocycles. The summed E-state index contributed by atoms with van der Waals surface area (Å²) < 4.78 is 20.6. The Morgan fingerprint density at radius 1 is 1.38 bits per heavy atom. The highest BCUT2D eigenvalue weighted by atomic mass is 35.5. The van der Waals surface area contributed by atoms with Crippen LogP contribution in [0.5, 0.6) is 11.6 Å². The van der Waals surface area contributed by atoms with Crippen LogP contribution >= 0.6 is 11.6 Å². The van der Waals surface area contributed by atoms with Crippen molar-refractivity contribution >= 4 is 29.3 Å². The van der Waals surface area contributed by atoms with Gasteiger partial charge in [-0.05, 0) is 26.8 Å². The van der Waals surface area contributed by atoms with Gasteiger partial charge in [0, 0.05) is 23.9 Å². The van der Waals surface area contributed by atoms with Gasteiger partial charge in [-0.1, -0.05) is 11.6 Å². The Bertz CT molecular complexity index is 832. The Morgan fingerprint density at radius 3 is 2.69 bits per heavy atom. The predicted octanol–water partition coefficient (Wildman–Crippen LogP) is 3.47. The summed E-state index contributed by atoms with van der Waals surface area (Å²) in [7, 11) is 0. The van der Waals surface area contributed by atoms with Gasteiger partial charge in [-0.15, -0.1) is 5.10 Å². The molecule has 10 heteroatoms. The average molecular weight is 385 g/mol. The lowest BCUT2D eigenvalue weighted by Gasteiger charge is -2.20. The summed E-state index contributed by atoms with van der Waals surface area (Å²) in [5, 5.41) is 17.4. The van der Waals surface area contributed by atoms with Gasteiger partial charge in [-0.2, -0.15) is 0 Å². The van der Waals surface area contributed by atoms with Crippen molar-refractivity contribution in [1.82, 2.24) is 15.1 Å². The van der Waals surface area contributed by atoms with Crippen molar-refractivity contribution in [2.75, 3.05) is 5.32 Å². The number of aromatic nitrogens is 2. The number of nitrogens with one attached hydrogen (secondary N) is 2. The Kier molecular flexibility index (Phi) is 5.71. The smallest absolute Gasteiger partial charge is 0.409 e. The molecule has 2 aromatic rings. The number of anilines is 1. The van der Waals surface area contributed by atoms with Gasteiger partial charge in [0.25, 0.3) is 0 Å². The van der Waals surface area contributed by atoms with Crippen molar-refractivity contribution in [1.29, 1.82) is 0 Å². The van der Waals surface area contributed by atoms with Crippen molar-refractivity contribution in [3.8, 4) is 11.6 Å². The highest BCUT2D eigenvalue weighted by Gasteiger charge is 2.16. The van der Waals surface area contributed by atoms with Crippen LogP contribution in [0.4, 0.5) is 14.9 Å². The minimum Gasteiger partial charge on any atom is -0.465 e. The van der Waals surface area contributed by atoms with Crippen LogP contribution in [0, 0.1) is 5.82 Å². The number of carboxylic acid groups (broad SMARTS) is 1. The maximum atomic E-state index is 13.9. The van der Waals surface area contributed by atoms with E-state index >= 15 is 0 Å². The lowest BCUT2D eigenvalue weighted by Crippen LogP contribution is -2.42. The Balaban J connectivity index is 2.08. The first kappa shape index (κ1) is 19.5. The quantitative estimate of drug-likeness (QED) is 0.732. The highest BCUT2D eigenvalue weighted by molar-refractivity contribution is 6.32. The number of nitrogens with zero attached hydrogens (tertiary/aromatic N) is 2. The van der Waals surface area contributed by atoms with Gasteiger partial charge in [0.1, 0.15) is 6.54 Å². The number of amides is 2. The minimum atomic E-state index is -1.42. The fourth-order valence-corrected chi connectivity index (χ4v) is 2.22. The Hall–Kier alpha value is -2.81. The fourth-order valence-electron chi connectivity index (χ4n) is 2.02. The topological polar surface area (TPSA) is 105 Å². The molecule has 0 unspecified atom stereocenters. The molecule has 0 spiro atoms. The first-order valence-corrected chi connectivity index (χ1v) is 7.92. The minimum absolute atomic E-state index is 0.00447. The zero-order chi connectivity index (χ0) is 19.5. The third-order valence-electron chi connectivity index (χ3n) is 2.91. The van der Waals surface area contributed by atoms with E-state index < -0.39 is 11.9 Å². The van der Waals surface area contributed by atoms with Crippen molar-refractivity contribution in [2.24, 2.45) is 0 Å². The van der Waals surface area contributed by atoms with Gasteiger partial charge in [0.2, 0.25) is 11.8 Å². The molecule has 0 bridgehead atoms. The van der Waals surface area contributed by atoms with Crippen LogP contribution in [0.25, 0.3) is 0 Å². The average Bonchev–Trinajstić information content (AvgIpc) is 2.88. The van der Waals surface area contributed by atoms with Gasteiger partial charge >= 0.3 is 6.09 Å². The molecule has 8 nitrogen and oxygen atoms in total. The van der Waals surface area contributed by atoms with Crippen LogP contribution in [-0.4, -0.2) is 32.4 Å². The normalized spacial score (nSPS) is 11.1. The summed E-state index contributed by atoms with van der Waals surface area (Å²) in [6.45, 7) is 5.58. The Morgan fingerprint density at radius 2 is 2.08 bits per heavy atom. The molecule has 0 saturated heterocycles. The molecule has 0 aliphatic heterocycles. The van der Waals surface area contributed by atoms with Crippen LogP contribution in [0.3, 0.4) is 0 Å². The molecule has 1 aromatic heterocycles. The van der Waals surface area contributed by atoms with E-state index in [1.165, 1.54) is 16.9 Å². The number of rotatable bonds is 5. The van der Waals surface area contributed by atoms with Gasteiger partial charge in [0.05, 0.1) is 10.7 Å². The number of hydrogen-bond acceptors (Lipinski definition) is 4. The summed E-state index contributed by atoms with van der Waals surface area (Å²) in [4.78, 5) is 22.5. The Labute approximate surface area is 153 Å². The molecular weight excluding hydrogens is 367 g/mol. The molecule has 2 rings (SSSR count). The lowest BCUT2D eigenvalue weighted by molar-refractivity contribution is -0.123. The molecule has 0 atom stereocenters. The van der Waals surface area contributed by atoms with Crippen molar-refractivity contribution < 1.29 is 23.8 Å². The van der Waals surface area contributed by atoms with Crippen LogP contribution in [0.2, 0.25) is 5.02 Å². The van der Waals surface area contributed by atoms with Crippen LogP contribution in [0.1, 0.15) is 20.8 Å². The van der Waals surface area contributed by atoms with Gasteiger partial charge in [-0.3, -0.25) is 14.8 Å². The van der Waals surface area contributed by atoms with Crippen LogP contribution in [0.15, 0.2) is 24.4 Å². The monoisotopic (exact) mass is 384 g/mol. The fraction of sp³-hybridized carbons (Fsp3) is 0.312. The van der Waals surface area contributed by atoms with Crippen LogP contribution in [-0.2, 0) is 11.3 Å². The molecule has 2 amide bonds. The zero-order valence-corrected chi connectivity index (χ0v) is 15.1. The van der Waals surface area contributed by atoms with Gasteiger partial charge < -0.3 is 15.2 Å². The molecule has 3 N–H and O–H groups in total. The van der Waals surface area contributed by atoms with E-state index in [0.29, 0.717) is 0 Å². The number of carbonyl (C=O) groups excluding carboxylic acids is 1. The van der Waals surface area contributed by atoms with Crippen molar-refractivity contribution in [3.05, 3.63) is 35.2 Å². The summed E-state index contributed by atoms with van der Waals surface area (Å²) in [6.07, 6.45) is 0.114. The second-order valence-electron chi connectivity index (χ2n) is 6.44. The van der Waals surface area contributed by atoms with Crippen molar-refractivity contribution in [3.63, 3.8) is 0 Å². The number of hydrogen-bond donors (Lipinski definition) is 3. The van der Waals surface area contributed by atoms with E-state index in [1.54, 1.807) is 0 Å². The number of carbonyl (C=O) groups is 2. The van der Waals surface area contributed by atoms with Crippen molar-refractivity contribution in [2.45, 2.75) is 32.9 Å². The third kappa shape index (κ3) is 5.62. The van der Waals surface area contributed by atoms with E-state index in [0.717, 1.165) is 12.1 Å². The third-order valence-corrected chi connectivity index (χ3v) is 3.21. The molecule has 0 radical (unpaired) electrons. The van der Waals surface area contributed by atoms with Crippen LogP contribution < -0.4 is 15.4 Å². The summed E-state index contributed by atoms with van der Waals surface area (Å²) in [5.41, 5.74) is -0.653. The lowest BCUT2D eigenvalue weighted by atomic mass is 10.1. The number of benzene rings is 1. The molecule has 0 fully saturated rings. The molecule has 1 heterocycles. The zero-order valence-electron chi connectivity index (χ0n) is 14.3. The summed E-state index contributed by atoms with van der Waals surface area (Å²) in [6, 6.07) is 3.52. The summed E-state index contributed by atoms with van der Waals surface area (Å²) >= 11 is 5.98. The van der Waals surface area contributed by atoms with Gasteiger partial charge in [-0.25, -0.2) is 9.18 Å². The maximum absolute atomic E-state index is 13.9. The first-order chi connectivity index (χ1) is 12.0. The molecule has 0 aliphatic carbocycles. The molecular formula is C16H18ClFN4O4. The maximum Gasteiger partial charge on any atom is 0.409 e. The molecule has 1 aromatic carbocycles. The van der Waals surface area contributed by atoms with Gasteiger partial charge in [0.15, 0.2) is 11.6 Å². The number of ether oxygens (including phenoxy) is 1. The van der Waals surface area contributed by atoms with E-state index in [9.17, 15) is 14.0 Å². The highest BCUT2D eigenvalue weighted by Crippen LogP contribution is 2.33. The molecule has 140 valence electrons. The van der Waals surface area contributed by atoms with E-state index in [-0.39, 0.29) is 40.3 Å².